The molecule has 1 atom stereocenters. The Bertz CT molecular complexity index is 653. The van der Waals surface area contributed by atoms with E-state index in [1.807, 2.05) is 24.3 Å². The Morgan fingerprint density at radius 2 is 2.11 bits per heavy atom. The molecule has 0 saturated carbocycles. The summed E-state index contributed by atoms with van der Waals surface area (Å²) in [5.74, 6) is 0.894. The van der Waals surface area contributed by atoms with Crippen LogP contribution in [0.5, 0.6) is 0 Å². The SMILES string of the molecule is CCNC(c1cc2ccccc2o1)c1ccoc1Br. The van der Waals surface area contributed by atoms with Gasteiger partial charge in [-0.1, -0.05) is 25.1 Å². The van der Waals surface area contributed by atoms with Gasteiger partial charge in [-0.05, 0) is 40.7 Å². The first-order valence-electron chi connectivity index (χ1n) is 6.24. The van der Waals surface area contributed by atoms with Crippen LogP contribution in [0.4, 0.5) is 0 Å². The van der Waals surface area contributed by atoms with Crippen LogP contribution in [-0.4, -0.2) is 6.54 Å². The zero-order valence-corrected chi connectivity index (χ0v) is 12.1. The Balaban J connectivity index is 2.07. The van der Waals surface area contributed by atoms with Crippen molar-refractivity contribution in [1.29, 1.82) is 0 Å². The lowest BCUT2D eigenvalue weighted by Crippen LogP contribution is -2.21. The van der Waals surface area contributed by atoms with E-state index in [0.29, 0.717) is 0 Å². The van der Waals surface area contributed by atoms with Gasteiger partial charge in [0.1, 0.15) is 11.3 Å². The molecule has 19 heavy (non-hydrogen) atoms. The van der Waals surface area contributed by atoms with Crippen LogP contribution in [0.1, 0.15) is 24.3 Å². The molecule has 0 amide bonds. The number of nitrogens with one attached hydrogen (secondary N) is 1. The second kappa shape index (κ2) is 5.23. The van der Waals surface area contributed by atoms with Crippen LogP contribution in [0.2, 0.25) is 0 Å². The molecule has 98 valence electrons. The van der Waals surface area contributed by atoms with Gasteiger partial charge in [-0.25, -0.2) is 0 Å². The fourth-order valence-corrected chi connectivity index (χ4v) is 2.69. The number of benzene rings is 1. The lowest BCUT2D eigenvalue weighted by Gasteiger charge is -2.14. The normalized spacial score (nSPS) is 12.9. The van der Waals surface area contributed by atoms with Crippen molar-refractivity contribution in [1.82, 2.24) is 5.32 Å². The van der Waals surface area contributed by atoms with Crippen LogP contribution in [0.15, 0.2) is 56.2 Å². The molecular weight excluding hydrogens is 306 g/mol. The van der Waals surface area contributed by atoms with Gasteiger partial charge in [-0.15, -0.1) is 0 Å². The number of halogens is 1. The van der Waals surface area contributed by atoms with E-state index in [-0.39, 0.29) is 6.04 Å². The summed E-state index contributed by atoms with van der Waals surface area (Å²) in [6.45, 7) is 2.92. The monoisotopic (exact) mass is 319 g/mol. The van der Waals surface area contributed by atoms with Crippen molar-refractivity contribution in [3.05, 3.63) is 58.7 Å². The molecule has 3 nitrogen and oxygen atoms in total. The summed E-state index contributed by atoms with van der Waals surface area (Å²) in [5.41, 5.74) is 1.95. The van der Waals surface area contributed by atoms with E-state index in [2.05, 4.69) is 40.3 Å². The number of rotatable bonds is 4. The van der Waals surface area contributed by atoms with E-state index in [0.717, 1.165) is 33.5 Å². The predicted molar refractivity (Wildman–Crippen MR) is 78.1 cm³/mol. The molecule has 0 fully saturated rings. The smallest absolute Gasteiger partial charge is 0.174 e. The molecule has 3 aromatic rings. The van der Waals surface area contributed by atoms with Crippen LogP contribution >= 0.6 is 15.9 Å². The predicted octanol–water partition coefficient (Wildman–Crippen LogP) is 4.49. The Morgan fingerprint density at radius 1 is 1.26 bits per heavy atom. The minimum Gasteiger partial charge on any atom is -0.459 e. The molecule has 0 radical (unpaired) electrons. The van der Waals surface area contributed by atoms with E-state index >= 15 is 0 Å². The highest BCUT2D eigenvalue weighted by Crippen LogP contribution is 2.32. The van der Waals surface area contributed by atoms with Crippen molar-refractivity contribution in [2.45, 2.75) is 13.0 Å². The van der Waals surface area contributed by atoms with E-state index in [4.69, 9.17) is 8.83 Å². The lowest BCUT2D eigenvalue weighted by molar-refractivity contribution is 0.467. The molecule has 0 aliphatic rings. The Labute approximate surface area is 119 Å². The van der Waals surface area contributed by atoms with Gasteiger partial charge in [0, 0.05) is 10.9 Å². The van der Waals surface area contributed by atoms with Gasteiger partial charge in [-0.3, -0.25) is 0 Å². The second-order valence-corrected chi connectivity index (χ2v) is 5.05. The van der Waals surface area contributed by atoms with Gasteiger partial charge in [-0.2, -0.15) is 0 Å². The zero-order chi connectivity index (χ0) is 13.2. The lowest BCUT2D eigenvalue weighted by atomic mass is 10.1. The highest BCUT2D eigenvalue weighted by molar-refractivity contribution is 9.10. The summed E-state index contributed by atoms with van der Waals surface area (Å²) >= 11 is 3.43. The number of para-hydroxylation sites is 1. The molecule has 0 bridgehead atoms. The van der Waals surface area contributed by atoms with E-state index in [9.17, 15) is 0 Å². The molecule has 3 rings (SSSR count). The van der Waals surface area contributed by atoms with Crippen LogP contribution < -0.4 is 5.32 Å². The van der Waals surface area contributed by atoms with Crippen molar-refractivity contribution in [3.63, 3.8) is 0 Å². The Kier molecular flexibility index (Phi) is 3.44. The molecule has 1 aromatic carbocycles. The number of fused-ring (bicyclic) bond motifs is 1. The quantitative estimate of drug-likeness (QED) is 0.770. The third-order valence-corrected chi connectivity index (χ3v) is 3.74. The van der Waals surface area contributed by atoms with Gasteiger partial charge in [0.15, 0.2) is 4.67 Å². The van der Waals surface area contributed by atoms with Gasteiger partial charge < -0.3 is 14.2 Å². The third-order valence-electron chi connectivity index (χ3n) is 3.09. The van der Waals surface area contributed by atoms with Crippen LogP contribution in [0, 0.1) is 0 Å². The van der Waals surface area contributed by atoms with Crippen molar-refractivity contribution in [2.75, 3.05) is 6.54 Å². The zero-order valence-electron chi connectivity index (χ0n) is 10.5. The maximum absolute atomic E-state index is 5.94. The fourth-order valence-electron chi connectivity index (χ4n) is 2.22. The number of furan rings is 2. The fraction of sp³-hybridized carbons (Fsp3) is 0.200. The summed E-state index contributed by atoms with van der Waals surface area (Å²) in [7, 11) is 0. The van der Waals surface area contributed by atoms with Gasteiger partial charge in [0.25, 0.3) is 0 Å². The molecule has 1 unspecified atom stereocenters. The summed E-state index contributed by atoms with van der Waals surface area (Å²) in [5, 5.41) is 4.53. The Hall–Kier alpha value is -1.52. The molecule has 0 spiro atoms. The first-order valence-corrected chi connectivity index (χ1v) is 7.03. The third kappa shape index (κ3) is 2.33. The van der Waals surface area contributed by atoms with Crippen LogP contribution in [0.3, 0.4) is 0 Å². The number of hydrogen-bond donors (Lipinski definition) is 1. The molecule has 4 heteroatoms. The summed E-state index contributed by atoms with van der Waals surface area (Å²) in [6.07, 6.45) is 1.67. The van der Waals surface area contributed by atoms with E-state index in [1.165, 1.54) is 0 Å². The molecule has 0 aliphatic heterocycles. The van der Waals surface area contributed by atoms with Crippen molar-refractivity contribution in [3.8, 4) is 0 Å². The first kappa shape index (κ1) is 12.5. The Morgan fingerprint density at radius 3 is 2.79 bits per heavy atom. The topological polar surface area (TPSA) is 38.3 Å². The number of hydrogen-bond acceptors (Lipinski definition) is 3. The highest BCUT2D eigenvalue weighted by atomic mass is 79.9. The average Bonchev–Trinajstić information content (AvgIpc) is 3.02. The molecule has 0 saturated heterocycles. The second-order valence-electron chi connectivity index (χ2n) is 4.33. The minimum absolute atomic E-state index is 0.00877. The van der Waals surface area contributed by atoms with Crippen molar-refractivity contribution in [2.24, 2.45) is 0 Å². The largest absolute Gasteiger partial charge is 0.459 e. The molecule has 1 N–H and O–H groups in total. The molecule has 2 heterocycles. The van der Waals surface area contributed by atoms with Gasteiger partial charge >= 0.3 is 0 Å². The summed E-state index contributed by atoms with van der Waals surface area (Å²) < 4.78 is 12.0. The molecule has 0 aliphatic carbocycles. The maximum atomic E-state index is 5.94. The van der Waals surface area contributed by atoms with Crippen molar-refractivity contribution < 1.29 is 8.83 Å². The summed E-state index contributed by atoms with van der Waals surface area (Å²) in [6, 6.07) is 12.0. The van der Waals surface area contributed by atoms with Crippen LogP contribution in [0.25, 0.3) is 11.0 Å². The first-order chi connectivity index (χ1) is 9.29. The summed E-state index contributed by atoms with van der Waals surface area (Å²) in [4.78, 5) is 0. The van der Waals surface area contributed by atoms with Crippen molar-refractivity contribution >= 4 is 26.9 Å². The molecular formula is C15H14BrNO2. The van der Waals surface area contributed by atoms with Gasteiger partial charge in [0.05, 0.1) is 12.3 Å². The highest BCUT2D eigenvalue weighted by Gasteiger charge is 2.21. The maximum Gasteiger partial charge on any atom is 0.174 e. The van der Waals surface area contributed by atoms with E-state index < -0.39 is 0 Å². The van der Waals surface area contributed by atoms with E-state index in [1.54, 1.807) is 6.26 Å². The minimum atomic E-state index is -0.00877. The molecule has 2 aromatic heterocycles. The van der Waals surface area contributed by atoms with Crippen LogP contribution in [-0.2, 0) is 0 Å². The average molecular weight is 320 g/mol. The van der Waals surface area contributed by atoms with Gasteiger partial charge in [0.2, 0.25) is 0 Å². The standard InChI is InChI=1S/C15H14BrNO2/c1-2-17-14(11-7-8-18-15(11)16)13-9-10-5-3-4-6-12(10)19-13/h3-9,14,17H,2H2,1H3.